The van der Waals surface area contributed by atoms with Crippen LogP contribution in [0.15, 0.2) is 35.3 Å². The van der Waals surface area contributed by atoms with Crippen molar-refractivity contribution in [2.75, 3.05) is 49.1 Å². The van der Waals surface area contributed by atoms with Crippen molar-refractivity contribution in [1.29, 1.82) is 0 Å². The van der Waals surface area contributed by atoms with Gasteiger partial charge in [0.05, 0.1) is 47.7 Å². The van der Waals surface area contributed by atoms with Crippen LogP contribution in [0, 0.1) is 0 Å². The highest BCUT2D eigenvalue weighted by molar-refractivity contribution is 14.0. The molecule has 2 aromatic carbocycles. The Balaban J connectivity index is 0.00000480. The number of benzene rings is 2. The molecule has 0 bridgehead atoms. The number of aliphatic imine (C=N–C) groups is 1. The molecule has 0 saturated heterocycles. The first-order valence-electron chi connectivity index (χ1n) is 9.54. The highest BCUT2D eigenvalue weighted by Crippen LogP contribution is 2.33. The maximum atomic E-state index is 5.49. The molecule has 0 unspecified atom stereocenters. The predicted molar refractivity (Wildman–Crippen MR) is 133 cm³/mol. The number of nitrogens with zero attached hydrogens (tertiary/aromatic N) is 1. The third-order valence-electron chi connectivity index (χ3n) is 4.63. The summed E-state index contributed by atoms with van der Waals surface area (Å²) in [6.07, 6.45) is 0.802. The molecule has 8 nitrogen and oxygen atoms in total. The largest absolute Gasteiger partial charge is 0.496 e. The number of ether oxygens (including phenoxy) is 5. The first-order chi connectivity index (χ1) is 14.6. The van der Waals surface area contributed by atoms with Gasteiger partial charge in [0.25, 0.3) is 0 Å². The standard InChI is InChI=1S/C22H31N3O5.HI/c1-23-22(24-10-9-15-7-8-18(27-3)21(11-15)30-6)25-14-17-19(28-4)12-16(26-2)13-20(17)29-5;/h7-8,11-13H,9-10,14H2,1-6H3,(H2,23,24,25);1H. The van der Waals surface area contributed by atoms with E-state index in [1.165, 1.54) is 0 Å². The second kappa shape index (κ2) is 13.7. The van der Waals surface area contributed by atoms with E-state index >= 15 is 0 Å². The lowest BCUT2D eigenvalue weighted by Crippen LogP contribution is -2.38. The van der Waals surface area contributed by atoms with Crippen molar-refractivity contribution in [2.24, 2.45) is 4.99 Å². The molecular formula is C22H32IN3O5. The molecule has 0 atom stereocenters. The van der Waals surface area contributed by atoms with Crippen LogP contribution in [0.3, 0.4) is 0 Å². The minimum atomic E-state index is 0. The van der Waals surface area contributed by atoms with Crippen LogP contribution >= 0.6 is 24.0 Å². The second-order valence-electron chi connectivity index (χ2n) is 6.30. The summed E-state index contributed by atoms with van der Waals surface area (Å²) in [5.74, 6) is 4.14. The molecule has 172 valence electrons. The molecule has 0 aliphatic heterocycles. The van der Waals surface area contributed by atoms with E-state index in [2.05, 4.69) is 15.6 Å². The maximum absolute atomic E-state index is 5.49. The van der Waals surface area contributed by atoms with Crippen LogP contribution < -0.4 is 34.3 Å². The van der Waals surface area contributed by atoms with Gasteiger partial charge in [-0.15, -0.1) is 24.0 Å². The van der Waals surface area contributed by atoms with Gasteiger partial charge in [-0.25, -0.2) is 0 Å². The number of hydrogen-bond donors (Lipinski definition) is 2. The van der Waals surface area contributed by atoms with Gasteiger partial charge in [-0.05, 0) is 24.1 Å². The van der Waals surface area contributed by atoms with Gasteiger partial charge in [-0.3, -0.25) is 4.99 Å². The van der Waals surface area contributed by atoms with Crippen LogP contribution in [0.1, 0.15) is 11.1 Å². The topological polar surface area (TPSA) is 82.6 Å². The molecule has 31 heavy (non-hydrogen) atoms. The molecule has 0 heterocycles. The van der Waals surface area contributed by atoms with Crippen LogP contribution in [0.5, 0.6) is 28.7 Å². The van der Waals surface area contributed by atoms with E-state index in [-0.39, 0.29) is 24.0 Å². The zero-order chi connectivity index (χ0) is 21.9. The average molecular weight is 545 g/mol. The van der Waals surface area contributed by atoms with E-state index in [0.29, 0.717) is 42.0 Å². The quantitative estimate of drug-likeness (QED) is 0.270. The lowest BCUT2D eigenvalue weighted by Gasteiger charge is -2.17. The van der Waals surface area contributed by atoms with Gasteiger partial charge in [-0.1, -0.05) is 6.07 Å². The van der Waals surface area contributed by atoms with Crippen LogP contribution in [0.2, 0.25) is 0 Å². The van der Waals surface area contributed by atoms with E-state index in [0.717, 1.165) is 23.3 Å². The number of methoxy groups -OCH3 is 5. The molecule has 0 radical (unpaired) electrons. The number of rotatable bonds is 10. The Kier molecular flexibility index (Phi) is 11.7. The van der Waals surface area contributed by atoms with Crippen molar-refractivity contribution in [3.63, 3.8) is 0 Å². The van der Waals surface area contributed by atoms with Crippen molar-refractivity contribution >= 4 is 29.9 Å². The molecule has 2 N–H and O–H groups in total. The van der Waals surface area contributed by atoms with E-state index < -0.39 is 0 Å². The lowest BCUT2D eigenvalue weighted by atomic mass is 10.1. The van der Waals surface area contributed by atoms with E-state index in [4.69, 9.17) is 23.7 Å². The van der Waals surface area contributed by atoms with Crippen LogP contribution in [-0.4, -0.2) is 55.1 Å². The summed E-state index contributed by atoms with van der Waals surface area (Å²) in [7, 11) is 9.83. The van der Waals surface area contributed by atoms with E-state index in [1.54, 1.807) is 42.6 Å². The van der Waals surface area contributed by atoms with Crippen LogP contribution in [0.25, 0.3) is 0 Å². The molecule has 0 aliphatic rings. The Hall–Kier alpha value is -2.56. The fourth-order valence-electron chi connectivity index (χ4n) is 3.01. The van der Waals surface area contributed by atoms with Crippen LogP contribution in [0.4, 0.5) is 0 Å². The molecule has 9 heteroatoms. The fraction of sp³-hybridized carbons (Fsp3) is 0.409. The number of hydrogen-bond acceptors (Lipinski definition) is 6. The number of nitrogens with one attached hydrogen (secondary N) is 2. The molecule has 0 aromatic heterocycles. The van der Waals surface area contributed by atoms with Gasteiger partial charge in [0.1, 0.15) is 17.2 Å². The summed E-state index contributed by atoms with van der Waals surface area (Å²) in [4.78, 5) is 4.28. The molecule has 0 amide bonds. The maximum Gasteiger partial charge on any atom is 0.191 e. The minimum Gasteiger partial charge on any atom is -0.496 e. The van der Waals surface area contributed by atoms with Gasteiger partial charge in [-0.2, -0.15) is 0 Å². The van der Waals surface area contributed by atoms with Crippen molar-refractivity contribution in [3.05, 3.63) is 41.5 Å². The first-order valence-corrected chi connectivity index (χ1v) is 9.54. The van der Waals surface area contributed by atoms with E-state index in [9.17, 15) is 0 Å². The molecule has 0 spiro atoms. The van der Waals surface area contributed by atoms with Gasteiger partial charge in [0.15, 0.2) is 17.5 Å². The molecule has 0 aliphatic carbocycles. The number of guanidine groups is 1. The SMILES string of the molecule is CN=C(NCCc1ccc(OC)c(OC)c1)NCc1c(OC)cc(OC)cc1OC.I. The first kappa shape index (κ1) is 26.5. The predicted octanol–water partition coefficient (Wildman–Crippen LogP) is 3.26. The number of halogens is 1. The van der Waals surface area contributed by atoms with Crippen molar-refractivity contribution in [3.8, 4) is 28.7 Å². The third-order valence-corrected chi connectivity index (χ3v) is 4.63. The fourth-order valence-corrected chi connectivity index (χ4v) is 3.01. The van der Waals surface area contributed by atoms with Crippen molar-refractivity contribution in [2.45, 2.75) is 13.0 Å². The second-order valence-corrected chi connectivity index (χ2v) is 6.30. The Morgan fingerprint density at radius 1 is 0.774 bits per heavy atom. The smallest absolute Gasteiger partial charge is 0.191 e. The Bertz CT molecular complexity index is 836. The van der Waals surface area contributed by atoms with Crippen LogP contribution in [-0.2, 0) is 13.0 Å². The highest BCUT2D eigenvalue weighted by atomic mass is 127. The lowest BCUT2D eigenvalue weighted by molar-refractivity contribution is 0.354. The van der Waals surface area contributed by atoms with Gasteiger partial charge in [0.2, 0.25) is 0 Å². The monoisotopic (exact) mass is 545 g/mol. The molecule has 0 saturated carbocycles. The molecule has 2 rings (SSSR count). The summed E-state index contributed by atoms with van der Waals surface area (Å²) in [5.41, 5.74) is 2.01. The summed E-state index contributed by atoms with van der Waals surface area (Å²) >= 11 is 0. The van der Waals surface area contributed by atoms with Crippen molar-refractivity contribution in [1.82, 2.24) is 10.6 Å². The Morgan fingerprint density at radius 3 is 1.90 bits per heavy atom. The zero-order valence-corrected chi connectivity index (χ0v) is 21.2. The highest BCUT2D eigenvalue weighted by Gasteiger charge is 2.14. The molecular weight excluding hydrogens is 513 g/mol. The average Bonchev–Trinajstić information content (AvgIpc) is 2.80. The third kappa shape index (κ3) is 7.27. The summed E-state index contributed by atoms with van der Waals surface area (Å²) in [6.45, 7) is 1.18. The molecule has 2 aromatic rings. The molecule has 0 fully saturated rings. The van der Waals surface area contributed by atoms with E-state index in [1.807, 2.05) is 30.3 Å². The summed E-state index contributed by atoms with van der Waals surface area (Å²) in [6, 6.07) is 9.55. The summed E-state index contributed by atoms with van der Waals surface area (Å²) < 4.78 is 26.9. The van der Waals surface area contributed by atoms with Gasteiger partial charge >= 0.3 is 0 Å². The zero-order valence-electron chi connectivity index (χ0n) is 18.9. The van der Waals surface area contributed by atoms with Gasteiger partial charge < -0.3 is 34.3 Å². The van der Waals surface area contributed by atoms with Gasteiger partial charge in [0, 0.05) is 25.7 Å². The normalized spacial score (nSPS) is 10.6. The Morgan fingerprint density at radius 2 is 1.39 bits per heavy atom. The van der Waals surface area contributed by atoms with Crippen molar-refractivity contribution < 1.29 is 23.7 Å². The Labute approximate surface area is 201 Å². The summed E-state index contributed by atoms with van der Waals surface area (Å²) in [5, 5.41) is 6.61. The minimum absolute atomic E-state index is 0.